The summed E-state index contributed by atoms with van der Waals surface area (Å²) in [7, 11) is -0.530. The Morgan fingerprint density at radius 1 is 1.13 bits per heavy atom. The van der Waals surface area contributed by atoms with Gasteiger partial charge < -0.3 is 19.4 Å². The van der Waals surface area contributed by atoms with Crippen molar-refractivity contribution >= 4 is 24.7 Å². The molecule has 1 aromatic rings. The summed E-state index contributed by atoms with van der Waals surface area (Å²) in [6, 6.07) is 9.06. The minimum absolute atomic E-state index is 0.0387. The molecule has 1 N–H and O–H groups in total. The highest BCUT2D eigenvalue weighted by atomic mass is 16.7. The SMILES string of the molecule is CC(C)[C@H](NC(=O)C1C=C(c2ccccc2)CN1C(=O)OC(C)(C)C)B1O[C@@H]2C[C@@H]3C[C@@H](C3(C)C)[C@]2(C)O1. The molecule has 3 saturated carbocycles. The lowest BCUT2D eigenvalue weighted by molar-refractivity contribution is -0.199. The van der Waals surface area contributed by atoms with Crippen LogP contribution in [0.25, 0.3) is 5.57 Å². The summed E-state index contributed by atoms with van der Waals surface area (Å²) < 4.78 is 18.9. The Morgan fingerprint density at radius 2 is 1.82 bits per heavy atom. The van der Waals surface area contributed by atoms with Gasteiger partial charge in [0.25, 0.3) is 0 Å². The third kappa shape index (κ3) is 4.68. The van der Waals surface area contributed by atoms with Crippen molar-refractivity contribution in [3.63, 3.8) is 0 Å². The van der Waals surface area contributed by atoms with Gasteiger partial charge in [-0.15, -0.1) is 0 Å². The largest absolute Gasteiger partial charge is 0.481 e. The molecule has 38 heavy (non-hydrogen) atoms. The van der Waals surface area contributed by atoms with Gasteiger partial charge >= 0.3 is 13.2 Å². The predicted octanol–water partition coefficient (Wildman–Crippen LogP) is 5.10. The van der Waals surface area contributed by atoms with Gasteiger partial charge in [0.15, 0.2) is 0 Å². The van der Waals surface area contributed by atoms with Crippen molar-refractivity contribution in [2.24, 2.45) is 23.2 Å². The molecule has 6 rings (SSSR count). The summed E-state index contributed by atoms with van der Waals surface area (Å²) in [6.45, 7) is 16.8. The summed E-state index contributed by atoms with van der Waals surface area (Å²) >= 11 is 0. The molecule has 5 aliphatic rings. The Hall–Kier alpha value is -2.32. The fourth-order valence-electron chi connectivity index (χ4n) is 7.02. The number of amides is 2. The van der Waals surface area contributed by atoms with E-state index in [2.05, 4.69) is 39.9 Å². The van der Waals surface area contributed by atoms with E-state index >= 15 is 0 Å². The molecular formula is C30H43BN2O5. The van der Waals surface area contributed by atoms with Crippen molar-refractivity contribution in [2.75, 3.05) is 6.54 Å². The molecule has 2 heterocycles. The number of hydrogen-bond acceptors (Lipinski definition) is 5. The lowest BCUT2D eigenvalue weighted by Crippen LogP contribution is -2.65. The normalized spacial score (nSPS) is 32.4. The Labute approximate surface area is 227 Å². The summed E-state index contributed by atoms with van der Waals surface area (Å²) in [5.74, 6) is 0.575. The maximum atomic E-state index is 13.8. The number of nitrogens with one attached hydrogen (secondary N) is 1. The third-order valence-electron chi connectivity index (χ3n) is 9.37. The summed E-state index contributed by atoms with van der Waals surface area (Å²) in [6.07, 6.45) is 3.58. The molecule has 0 spiro atoms. The van der Waals surface area contributed by atoms with Crippen molar-refractivity contribution in [1.82, 2.24) is 10.2 Å². The van der Waals surface area contributed by atoms with Gasteiger partial charge in [-0.2, -0.15) is 0 Å². The molecule has 0 radical (unpaired) electrons. The average Bonchev–Trinajstić information content (AvgIpc) is 3.43. The van der Waals surface area contributed by atoms with Crippen molar-refractivity contribution < 1.29 is 23.6 Å². The van der Waals surface area contributed by atoms with Crippen LogP contribution in [0.15, 0.2) is 36.4 Å². The first-order chi connectivity index (χ1) is 17.7. The quantitative estimate of drug-likeness (QED) is 0.545. The molecule has 2 aliphatic heterocycles. The second-order valence-corrected chi connectivity index (χ2v) is 13.7. The molecule has 1 saturated heterocycles. The molecule has 7 nitrogen and oxygen atoms in total. The first kappa shape index (κ1) is 27.3. The maximum Gasteiger partial charge on any atom is 0.481 e. The van der Waals surface area contributed by atoms with Crippen molar-refractivity contribution in [1.29, 1.82) is 0 Å². The molecule has 2 amide bonds. The number of hydrogen-bond donors (Lipinski definition) is 1. The van der Waals surface area contributed by atoms with Gasteiger partial charge in [0, 0.05) is 0 Å². The van der Waals surface area contributed by atoms with Gasteiger partial charge in [0.05, 0.1) is 24.2 Å². The van der Waals surface area contributed by atoms with Crippen LogP contribution < -0.4 is 5.32 Å². The van der Waals surface area contributed by atoms with E-state index in [0.717, 1.165) is 17.6 Å². The zero-order valence-electron chi connectivity index (χ0n) is 24.1. The van der Waals surface area contributed by atoms with Crippen LogP contribution in [0.1, 0.15) is 73.8 Å². The Balaban J connectivity index is 1.36. The lowest BCUT2D eigenvalue weighted by atomic mass is 9.43. The van der Waals surface area contributed by atoms with Gasteiger partial charge in [-0.05, 0) is 80.9 Å². The molecule has 6 atom stereocenters. The Morgan fingerprint density at radius 3 is 2.42 bits per heavy atom. The summed E-state index contributed by atoms with van der Waals surface area (Å²) in [5, 5.41) is 3.21. The van der Waals surface area contributed by atoms with Gasteiger partial charge in [-0.1, -0.05) is 58.0 Å². The number of nitrogens with zero attached hydrogens (tertiary/aromatic N) is 1. The molecule has 3 aliphatic carbocycles. The van der Waals surface area contributed by atoms with E-state index in [4.69, 9.17) is 14.0 Å². The van der Waals surface area contributed by atoms with Crippen LogP contribution in [-0.4, -0.2) is 59.9 Å². The highest BCUT2D eigenvalue weighted by molar-refractivity contribution is 6.48. The average molecular weight is 522 g/mol. The highest BCUT2D eigenvalue weighted by Gasteiger charge is 2.68. The van der Waals surface area contributed by atoms with E-state index in [0.29, 0.717) is 18.4 Å². The monoisotopic (exact) mass is 522 g/mol. The molecule has 1 unspecified atom stereocenters. The number of ether oxygens (including phenoxy) is 1. The zero-order chi connectivity index (χ0) is 27.6. The first-order valence-corrected chi connectivity index (χ1v) is 14.1. The first-order valence-electron chi connectivity index (χ1n) is 14.1. The van der Waals surface area contributed by atoms with E-state index in [1.54, 1.807) is 0 Å². The van der Waals surface area contributed by atoms with Crippen LogP contribution in [0.4, 0.5) is 4.79 Å². The smallest absolute Gasteiger partial charge is 0.444 e. The molecule has 8 heteroatoms. The zero-order valence-corrected chi connectivity index (χ0v) is 24.1. The van der Waals surface area contributed by atoms with Crippen LogP contribution >= 0.6 is 0 Å². The number of benzene rings is 1. The number of carbonyl (C=O) groups is 2. The standard InChI is InChI=1S/C30H43BN2O5/c1-18(2)25(31-37-24-16-21-15-23(29(21,6)7)30(24,8)38-31)32-26(34)22-14-20(19-12-10-9-11-13-19)17-33(22)27(35)36-28(3,4)5/h9-14,18,21-25H,15-17H2,1-8H3,(H,32,34)/t21-,22?,23-,24+,25-,30-/m0/s1. The van der Waals surface area contributed by atoms with Crippen molar-refractivity contribution in [3.8, 4) is 0 Å². The summed E-state index contributed by atoms with van der Waals surface area (Å²) in [5.41, 5.74) is 1.14. The molecular weight excluding hydrogens is 479 g/mol. The number of rotatable bonds is 5. The van der Waals surface area contributed by atoms with Crippen molar-refractivity contribution in [3.05, 3.63) is 42.0 Å². The Kier molecular flexibility index (Phi) is 6.75. The Bertz CT molecular complexity index is 1110. The van der Waals surface area contributed by atoms with E-state index in [-0.39, 0.29) is 34.9 Å². The minimum Gasteiger partial charge on any atom is -0.444 e. The van der Waals surface area contributed by atoms with Gasteiger partial charge in [-0.3, -0.25) is 9.69 Å². The van der Waals surface area contributed by atoms with Crippen LogP contribution in [-0.2, 0) is 18.8 Å². The molecule has 206 valence electrons. The molecule has 2 bridgehead atoms. The topological polar surface area (TPSA) is 77.1 Å². The second kappa shape index (κ2) is 9.41. The van der Waals surface area contributed by atoms with E-state index in [1.165, 1.54) is 11.3 Å². The predicted molar refractivity (Wildman–Crippen MR) is 148 cm³/mol. The second-order valence-electron chi connectivity index (χ2n) is 13.7. The third-order valence-corrected chi connectivity index (χ3v) is 9.37. The molecule has 0 aromatic heterocycles. The van der Waals surface area contributed by atoms with Gasteiger partial charge in [0.2, 0.25) is 5.91 Å². The fraction of sp³-hybridized carbons (Fsp3) is 0.667. The molecule has 1 aromatic carbocycles. The van der Waals surface area contributed by atoms with E-state index in [1.807, 2.05) is 57.2 Å². The van der Waals surface area contributed by atoms with Gasteiger partial charge in [-0.25, -0.2) is 4.79 Å². The fourth-order valence-corrected chi connectivity index (χ4v) is 7.02. The highest BCUT2D eigenvalue weighted by Crippen LogP contribution is 2.65. The number of carbonyl (C=O) groups excluding carboxylic acids is 2. The summed E-state index contributed by atoms with van der Waals surface area (Å²) in [4.78, 5) is 28.5. The van der Waals surface area contributed by atoms with Crippen LogP contribution in [0.5, 0.6) is 0 Å². The van der Waals surface area contributed by atoms with Crippen LogP contribution in [0.3, 0.4) is 0 Å². The van der Waals surface area contributed by atoms with Crippen molar-refractivity contribution in [2.45, 2.75) is 97.5 Å². The molecule has 4 fully saturated rings. The maximum absolute atomic E-state index is 13.8. The minimum atomic E-state index is -0.785. The van der Waals surface area contributed by atoms with Crippen LogP contribution in [0, 0.1) is 23.2 Å². The van der Waals surface area contributed by atoms with Gasteiger partial charge in [0.1, 0.15) is 11.6 Å². The lowest BCUT2D eigenvalue weighted by Gasteiger charge is -2.64. The van der Waals surface area contributed by atoms with Crippen LogP contribution in [0.2, 0.25) is 0 Å². The van der Waals surface area contributed by atoms with E-state index in [9.17, 15) is 9.59 Å². The van der Waals surface area contributed by atoms with E-state index < -0.39 is 24.9 Å².